The standard InChI is InChI=1S/C4H4BrNOS2/c1-9(7)3-2-6-4(5)8-3/h2H,1H3. The van der Waals surface area contributed by atoms with E-state index in [1.54, 1.807) is 12.5 Å². The predicted molar refractivity (Wildman–Crippen MR) is 42.1 cm³/mol. The second-order valence-corrected chi connectivity index (χ2v) is 5.30. The van der Waals surface area contributed by atoms with E-state index < -0.39 is 11.2 Å². The molecule has 0 aromatic carbocycles. The lowest BCUT2D eigenvalue weighted by atomic mass is 11.0. The van der Waals surface area contributed by atoms with E-state index in [0.717, 1.165) is 8.13 Å². The number of hydrogen-bond donors (Lipinski definition) is 0. The summed E-state index contributed by atoms with van der Waals surface area (Å²) in [4.78, 5) is 3.88. The topological polar surface area (TPSA) is 36.0 Å². The molecule has 0 spiro atoms. The van der Waals surface area contributed by atoms with E-state index in [9.17, 15) is 4.55 Å². The van der Waals surface area contributed by atoms with Crippen molar-refractivity contribution in [3.8, 4) is 0 Å². The molecule has 0 aliphatic carbocycles. The fraction of sp³-hybridized carbons (Fsp3) is 0.250. The highest BCUT2D eigenvalue weighted by Gasteiger charge is 2.07. The highest BCUT2D eigenvalue weighted by atomic mass is 79.9. The number of thiazole rings is 1. The summed E-state index contributed by atoms with van der Waals surface area (Å²) in [6, 6.07) is 0. The van der Waals surface area contributed by atoms with Crippen molar-refractivity contribution in [2.45, 2.75) is 4.21 Å². The minimum atomic E-state index is -0.882. The largest absolute Gasteiger partial charge is 0.611 e. The Hall–Kier alpha value is 0.420. The lowest BCUT2D eigenvalue weighted by molar-refractivity contribution is 0.602. The van der Waals surface area contributed by atoms with Gasteiger partial charge >= 0.3 is 0 Å². The molecule has 0 saturated carbocycles. The zero-order chi connectivity index (χ0) is 6.85. The van der Waals surface area contributed by atoms with E-state index in [4.69, 9.17) is 0 Å². The predicted octanol–water partition coefficient (Wildman–Crippen LogP) is 1.64. The molecule has 1 unspecified atom stereocenters. The highest BCUT2D eigenvalue weighted by Crippen LogP contribution is 2.22. The van der Waals surface area contributed by atoms with Gasteiger partial charge in [0.15, 0.2) is 3.92 Å². The Morgan fingerprint density at radius 2 is 2.56 bits per heavy atom. The molecular formula is C4H4BrNOS2. The minimum absolute atomic E-state index is 0.785. The molecule has 0 aliphatic rings. The molecule has 0 saturated heterocycles. The van der Waals surface area contributed by atoms with Gasteiger partial charge in [0.1, 0.15) is 6.26 Å². The Morgan fingerprint density at radius 3 is 2.78 bits per heavy atom. The van der Waals surface area contributed by atoms with Crippen LogP contribution < -0.4 is 0 Å². The van der Waals surface area contributed by atoms with Crippen LogP contribution in [0.2, 0.25) is 0 Å². The molecule has 1 heterocycles. The van der Waals surface area contributed by atoms with Crippen molar-refractivity contribution in [1.82, 2.24) is 4.98 Å². The van der Waals surface area contributed by atoms with E-state index in [1.807, 2.05) is 0 Å². The van der Waals surface area contributed by atoms with E-state index >= 15 is 0 Å². The summed E-state index contributed by atoms with van der Waals surface area (Å²) in [5.74, 6) is 0. The maximum atomic E-state index is 10.7. The third-order valence-corrected chi connectivity index (χ3v) is 3.64. The second kappa shape index (κ2) is 3.01. The Bertz CT molecular complexity index is 200. The summed E-state index contributed by atoms with van der Waals surface area (Å²) in [5, 5.41) is 0. The fourth-order valence-corrected chi connectivity index (χ4v) is 2.60. The Balaban J connectivity index is 2.85. The zero-order valence-electron chi connectivity index (χ0n) is 4.63. The summed E-state index contributed by atoms with van der Waals surface area (Å²) < 4.78 is 12.3. The van der Waals surface area contributed by atoms with Crippen LogP contribution in [0, 0.1) is 0 Å². The second-order valence-electron chi connectivity index (χ2n) is 1.39. The molecule has 0 bridgehead atoms. The first-order chi connectivity index (χ1) is 4.20. The first kappa shape index (κ1) is 7.53. The first-order valence-corrected chi connectivity index (χ1v) is 5.31. The van der Waals surface area contributed by atoms with Crippen LogP contribution in [0.3, 0.4) is 0 Å². The summed E-state index contributed by atoms with van der Waals surface area (Å²) in [6.07, 6.45) is 3.25. The summed E-state index contributed by atoms with van der Waals surface area (Å²) >= 11 is 3.69. The van der Waals surface area contributed by atoms with Gasteiger partial charge in [-0.1, -0.05) is 11.3 Å². The van der Waals surface area contributed by atoms with Crippen molar-refractivity contribution in [1.29, 1.82) is 0 Å². The molecule has 1 rings (SSSR count). The summed E-state index contributed by atoms with van der Waals surface area (Å²) in [7, 11) is 0. The summed E-state index contributed by atoms with van der Waals surface area (Å²) in [5.41, 5.74) is 0. The maximum Gasteiger partial charge on any atom is 0.227 e. The van der Waals surface area contributed by atoms with Gasteiger partial charge in [0.2, 0.25) is 4.21 Å². The highest BCUT2D eigenvalue weighted by molar-refractivity contribution is 9.11. The molecule has 50 valence electrons. The van der Waals surface area contributed by atoms with Gasteiger partial charge in [-0.15, -0.1) is 0 Å². The van der Waals surface area contributed by atoms with Gasteiger partial charge < -0.3 is 4.55 Å². The molecule has 5 heteroatoms. The van der Waals surface area contributed by atoms with E-state index in [-0.39, 0.29) is 0 Å². The molecule has 1 aromatic heterocycles. The van der Waals surface area contributed by atoms with Gasteiger partial charge in [0.25, 0.3) is 0 Å². The smallest absolute Gasteiger partial charge is 0.227 e. The van der Waals surface area contributed by atoms with Gasteiger partial charge in [-0.25, -0.2) is 4.98 Å². The van der Waals surface area contributed by atoms with Crippen LogP contribution in [0.4, 0.5) is 0 Å². The Labute approximate surface area is 68.6 Å². The number of hydrogen-bond acceptors (Lipinski definition) is 3. The Morgan fingerprint density at radius 1 is 1.89 bits per heavy atom. The molecule has 9 heavy (non-hydrogen) atoms. The van der Waals surface area contributed by atoms with Crippen LogP contribution in [0.1, 0.15) is 0 Å². The summed E-state index contributed by atoms with van der Waals surface area (Å²) in [6.45, 7) is 0. The molecule has 0 N–H and O–H groups in total. The van der Waals surface area contributed by atoms with Crippen LogP contribution in [-0.4, -0.2) is 15.8 Å². The van der Waals surface area contributed by atoms with E-state index in [1.165, 1.54) is 11.3 Å². The molecule has 2 nitrogen and oxygen atoms in total. The molecule has 0 radical (unpaired) electrons. The monoisotopic (exact) mass is 225 g/mol. The van der Waals surface area contributed by atoms with Gasteiger partial charge in [0.05, 0.1) is 6.20 Å². The molecule has 1 atom stereocenters. The zero-order valence-corrected chi connectivity index (χ0v) is 7.85. The van der Waals surface area contributed by atoms with Crippen molar-refractivity contribution in [2.24, 2.45) is 0 Å². The van der Waals surface area contributed by atoms with Gasteiger partial charge in [0, 0.05) is 0 Å². The fourth-order valence-electron chi connectivity index (χ4n) is 0.372. The minimum Gasteiger partial charge on any atom is -0.611 e. The van der Waals surface area contributed by atoms with Crippen LogP contribution in [0.5, 0.6) is 0 Å². The van der Waals surface area contributed by atoms with E-state index in [2.05, 4.69) is 20.9 Å². The van der Waals surface area contributed by atoms with Gasteiger partial charge in [-0.2, -0.15) is 0 Å². The van der Waals surface area contributed by atoms with Crippen LogP contribution in [0.15, 0.2) is 14.3 Å². The number of halogens is 1. The van der Waals surface area contributed by atoms with Crippen molar-refractivity contribution in [3.63, 3.8) is 0 Å². The average Bonchev–Trinajstić information content (AvgIpc) is 2.14. The van der Waals surface area contributed by atoms with Gasteiger partial charge in [-0.3, -0.25) is 0 Å². The quantitative estimate of drug-likeness (QED) is 0.682. The third-order valence-electron chi connectivity index (χ3n) is 0.740. The number of nitrogens with zero attached hydrogens (tertiary/aromatic N) is 1. The first-order valence-electron chi connectivity index (χ1n) is 2.15. The number of rotatable bonds is 1. The lowest BCUT2D eigenvalue weighted by Gasteiger charge is -1.95. The molecule has 1 aromatic rings. The van der Waals surface area contributed by atoms with Crippen LogP contribution in [-0.2, 0) is 11.2 Å². The Kier molecular flexibility index (Phi) is 2.51. The van der Waals surface area contributed by atoms with Crippen molar-refractivity contribution < 1.29 is 4.55 Å². The van der Waals surface area contributed by atoms with Crippen molar-refractivity contribution in [3.05, 3.63) is 10.1 Å². The van der Waals surface area contributed by atoms with Crippen molar-refractivity contribution in [2.75, 3.05) is 6.26 Å². The molecule has 0 amide bonds. The molecular weight excluding hydrogens is 222 g/mol. The van der Waals surface area contributed by atoms with Crippen LogP contribution in [0.25, 0.3) is 0 Å². The lowest BCUT2D eigenvalue weighted by Crippen LogP contribution is -1.91. The average molecular weight is 226 g/mol. The normalized spacial score (nSPS) is 13.7. The molecule has 0 fully saturated rings. The van der Waals surface area contributed by atoms with E-state index in [0.29, 0.717) is 0 Å². The van der Waals surface area contributed by atoms with Crippen LogP contribution >= 0.6 is 27.3 Å². The molecule has 0 aliphatic heterocycles. The number of aromatic nitrogens is 1. The maximum absolute atomic E-state index is 10.7. The third kappa shape index (κ3) is 1.93. The van der Waals surface area contributed by atoms with Gasteiger partial charge in [-0.05, 0) is 27.1 Å². The SMILES string of the molecule is C[S+]([O-])c1cnc(Br)s1. The van der Waals surface area contributed by atoms with Crippen molar-refractivity contribution >= 4 is 38.4 Å².